The fourth-order valence-corrected chi connectivity index (χ4v) is 0.332. The smallest absolute Gasteiger partial charge is 0.0626 e. The van der Waals surface area contributed by atoms with Gasteiger partial charge in [-0.25, -0.2) is 0 Å². The highest BCUT2D eigenvalue weighted by Crippen LogP contribution is 2.00. The van der Waals surface area contributed by atoms with Crippen LogP contribution in [0.15, 0.2) is 11.1 Å². The maximum atomic E-state index is 8.15. The summed E-state index contributed by atoms with van der Waals surface area (Å²) in [7, 11) is 0. The first-order valence-corrected chi connectivity index (χ1v) is 2.74. The van der Waals surface area contributed by atoms with Gasteiger partial charge in [0, 0.05) is 5.03 Å². The van der Waals surface area contributed by atoms with Crippen LogP contribution in [-0.4, -0.2) is 17.6 Å². The first-order chi connectivity index (χ1) is 3.31. The largest absolute Gasteiger partial charge is 0.392 e. The predicted octanol–water partition coefficient (Wildman–Crippen LogP) is 1.34. The molecule has 7 heavy (non-hydrogen) atoms. The van der Waals surface area contributed by atoms with Gasteiger partial charge in [-0.05, 0) is 6.08 Å². The number of halogens is 2. The predicted molar refractivity (Wildman–Crippen MR) is 31.7 cm³/mol. The second kappa shape index (κ2) is 4.44. The average Bonchev–Trinajstić information content (AvgIpc) is 1.68. The molecular formula is C4H6Cl2O. The normalized spacial score (nSPS) is 12.1. The minimum Gasteiger partial charge on any atom is -0.392 e. The Hall–Kier alpha value is 0.280. The summed E-state index contributed by atoms with van der Waals surface area (Å²) in [5.74, 6) is 0.280. The third kappa shape index (κ3) is 4.13. The van der Waals surface area contributed by atoms with Crippen molar-refractivity contribution in [1.82, 2.24) is 0 Å². The minimum atomic E-state index is -0.0362. The van der Waals surface area contributed by atoms with Crippen LogP contribution in [0.3, 0.4) is 0 Å². The molecule has 42 valence electrons. The standard InChI is InChI=1S/C4H6Cl2O/c5-3-4(6)1-2-7/h1,7H,2-3H2. The van der Waals surface area contributed by atoms with Crippen LogP contribution in [0.2, 0.25) is 0 Å². The number of hydrogen-bond donors (Lipinski definition) is 1. The van der Waals surface area contributed by atoms with Gasteiger partial charge in [-0.3, -0.25) is 0 Å². The Bertz CT molecular complexity index is 70.1. The zero-order valence-corrected chi connectivity index (χ0v) is 5.21. The molecule has 1 N–H and O–H groups in total. The molecule has 1 nitrogen and oxygen atoms in total. The Kier molecular flexibility index (Phi) is 4.62. The summed E-state index contributed by atoms with van der Waals surface area (Å²) in [5.41, 5.74) is 0. The number of aliphatic hydroxyl groups excluding tert-OH is 1. The second-order valence-corrected chi connectivity index (χ2v) is 1.72. The summed E-state index contributed by atoms with van der Waals surface area (Å²) in [6.45, 7) is -0.0362. The van der Waals surface area contributed by atoms with Gasteiger partial charge in [0.1, 0.15) is 0 Å². The fraction of sp³-hybridized carbons (Fsp3) is 0.500. The molecule has 3 heteroatoms. The number of aliphatic hydroxyl groups is 1. The summed E-state index contributed by atoms with van der Waals surface area (Å²) >= 11 is 10.6. The summed E-state index contributed by atoms with van der Waals surface area (Å²) < 4.78 is 0. The molecule has 0 bridgehead atoms. The lowest BCUT2D eigenvalue weighted by atomic mass is 10.5. The Labute approximate surface area is 52.5 Å². The Morgan fingerprint density at radius 3 is 2.43 bits per heavy atom. The van der Waals surface area contributed by atoms with Crippen molar-refractivity contribution in [3.8, 4) is 0 Å². The van der Waals surface area contributed by atoms with Crippen molar-refractivity contribution in [3.05, 3.63) is 11.1 Å². The van der Waals surface area contributed by atoms with Crippen molar-refractivity contribution in [1.29, 1.82) is 0 Å². The van der Waals surface area contributed by atoms with E-state index in [1.54, 1.807) is 0 Å². The van der Waals surface area contributed by atoms with Crippen LogP contribution in [-0.2, 0) is 0 Å². The molecule has 0 heterocycles. The van der Waals surface area contributed by atoms with Crippen LogP contribution >= 0.6 is 23.2 Å². The summed E-state index contributed by atoms with van der Waals surface area (Å²) in [6.07, 6.45) is 1.45. The highest BCUT2D eigenvalue weighted by Gasteiger charge is 1.82. The van der Waals surface area contributed by atoms with Gasteiger partial charge >= 0.3 is 0 Å². The van der Waals surface area contributed by atoms with Crippen molar-refractivity contribution in [3.63, 3.8) is 0 Å². The quantitative estimate of drug-likeness (QED) is 0.575. The van der Waals surface area contributed by atoms with Gasteiger partial charge in [0.2, 0.25) is 0 Å². The van der Waals surface area contributed by atoms with Crippen LogP contribution in [0.25, 0.3) is 0 Å². The van der Waals surface area contributed by atoms with E-state index < -0.39 is 0 Å². The number of hydrogen-bond acceptors (Lipinski definition) is 1. The molecule has 0 aliphatic heterocycles. The fourth-order valence-electron chi connectivity index (χ4n) is 0.154. The van der Waals surface area contributed by atoms with E-state index in [-0.39, 0.29) is 12.5 Å². The average molecular weight is 141 g/mol. The van der Waals surface area contributed by atoms with E-state index in [0.29, 0.717) is 5.03 Å². The van der Waals surface area contributed by atoms with E-state index in [2.05, 4.69) is 0 Å². The minimum absolute atomic E-state index is 0.0362. The SMILES string of the molecule is OCC=C(Cl)CCl. The molecule has 0 aromatic rings. The van der Waals surface area contributed by atoms with Gasteiger partial charge in [-0.2, -0.15) is 0 Å². The third-order valence-corrected chi connectivity index (χ3v) is 1.15. The summed E-state index contributed by atoms with van der Waals surface area (Å²) in [5, 5.41) is 8.64. The highest BCUT2D eigenvalue weighted by molar-refractivity contribution is 6.35. The zero-order chi connectivity index (χ0) is 5.70. The second-order valence-electron chi connectivity index (χ2n) is 0.967. The van der Waals surface area contributed by atoms with Gasteiger partial charge in [0.05, 0.1) is 12.5 Å². The first kappa shape index (κ1) is 7.28. The third-order valence-electron chi connectivity index (χ3n) is 0.440. The lowest BCUT2D eigenvalue weighted by molar-refractivity contribution is 0.342. The Morgan fingerprint density at radius 2 is 2.29 bits per heavy atom. The van der Waals surface area contributed by atoms with E-state index in [0.717, 1.165) is 0 Å². The van der Waals surface area contributed by atoms with Crippen molar-refractivity contribution in [2.24, 2.45) is 0 Å². The van der Waals surface area contributed by atoms with Gasteiger partial charge in [0.25, 0.3) is 0 Å². The first-order valence-electron chi connectivity index (χ1n) is 1.82. The Balaban J connectivity index is 3.29. The van der Waals surface area contributed by atoms with Gasteiger partial charge < -0.3 is 5.11 Å². The van der Waals surface area contributed by atoms with Gasteiger partial charge in [-0.15, -0.1) is 11.6 Å². The zero-order valence-electron chi connectivity index (χ0n) is 3.69. The molecule has 0 aromatic heterocycles. The van der Waals surface area contributed by atoms with E-state index in [1.165, 1.54) is 6.08 Å². The lowest BCUT2D eigenvalue weighted by Crippen LogP contribution is -1.76. The summed E-state index contributed by atoms with van der Waals surface area (Å²) in [6, 6.07) is 0. The number of alkyl halides is 1. The molecule has 0 aliphatic carbocycles. The molecule has 0 saturated heterocycles. The molecule has 0 saturated carbocycles. The molecule has 0 fully saturated rings. The van der Waals surface area contributed by atoms with Crippen LogP contribution in [0.4, 0.5) is 0 Å². The highest BCUT2D eigenvalue weighted by atomic mass is 35.5. The van der Waals surface area contributed by atoms with E-state index in [4.69, 9.17) is 28.3 Å². The number of rotatable bonds is 2. The molecule has 0 aromatic carbocycles. The monoisotopic (exact) mass is 140 g/mol. The molecule has 0 amide bonds. The topological polar surface area (TPSA) is 20.2 Å². The molecule has 0 atom stereocenters. The lowest BCUT2D eigenvalue weighted by Gasteiger charge is -1.83. The molecule has 0 spiro atoms. The summed E-state index contributed by atoms with van der Waals surface area (Å²) in [4.78, 5) is 0. The molecular weight excluding hydrogens is 135 g/mol. The van der Waals surface area contributed by atoms with Gasteiger partial charge in [0.15, 0.2) is 0 Å². The van der Waals surface area contributed by atoms with Crippen LogP contribution < -0.4 is 0 Å². The van der Waals surface area contributed by atoms with Crippen molar-refractivity contribution in [2.45, 2.75) is 0 Å². The molecule has 0 unspecified atom stereocenters. The van der Waals surface area contributed by atoms with Crippen molar-refractivity contribution >= 4 is 23.2 Å². The molecule has 0 aliphatic rings. The van der Waals surface area contributed by atoms with Crippen LogP contribution in [0.5, 0.6) is 0 Å². The Morgan fingerprint density at radius 1 is 1.71 bits per heavy atom. The maximum Gasteiger partial charge on any atom is 0.0626 e. The maximum absolute atomic E-state index is 8.15. The molecule has 0 radical (unpaired) electrons. The number of allylic oxidation sites excluding steroid dienone is 1. The van der Waals surface area contributed by atoms with E-state index >= 15 is 0 Å². The van der Waals surface area contributed by atoms with Crippen LogP contribution in [0.1, 0.15) is 0 Å². The van der Waals surface area contributed by atoms with E-state index in [1.807, 2.05) is 0 Å². The van der Waals surface area contributed by atoms with Crippen molar-refractivity contribution < 1.29 is 5.11 Å². The van der Waals surface area contributed by atoms with Gasteiger partial charge in [-0.1, -0.05) is 11.6 Å². The van der Waals surface area contributed by atoms with E-state index in [9.17, 15) is 0 Å². The van der Waals surface area contributed by atoms with Crippen LogP contribution in [0, 0.1) is 0 Å². The van der Waals surface area contributed by atoms with Crippen molar-refractivity contribution in [2.75, 3.05) is 12.5 Å². The molecule has 0 rings (SSSR count).